The first-order chi connectivity index (χ1) is 5.99. The number of carbonyl (C=O) groups excluding carboxylic acids is 2. The molecule has 1 rings (SSSR count). The van der Waals surface area contributed by atoms with Gasteiger partial charge in [-0.05, 0) is 6.92 Å². The van der Waals surface area contributed by atoms with E-state index in [0.717, 1.165) is 12.2 Å². The monoisotopic (exact) mass is 211 g/mol. The Kier molecular flexibility index (Phi) is 4.79. The topological polar surface area (TPSA) is 86.7 Å². The number of hydrogen-bond donors (Lipinski definition) is 0. The van der Waals surface area contributed by atoms with E-state index in [9.17, 15) is 19.0 Å². The molecule has 72 valence electrons. The Bertz CT molecular complexity index is 310. The van der Waals surface area contributed by atoms with E-state index in [0.29, 0.717) is 0 Å². The van der Waals surface area contributed by atoms with Crippen LogP contribution in [0.15, 0.2) is 12.2 Å². The normalized spacial score (nSPS) is 19.4. The van der Waals surface area contributed by atoms with Crippen LogP contribution in [0.5, 0.6) is 0 Å². The summed E-state index contributed by atoms with van der Waals surface area (Å²) in [7, 11) is -4.53. The van der Waals surface area contributed by atoms with Crippen LogP contribution in [0.1, 0.15) is 6.92 Å². The maximum absolute atomic E-state index is 11.1. The van der Waals surface area contributed by atoms with Gasteiger partial charge in [-0.25, -0.2) is 4.67 Å². The summed E-state index contributed by atoms with van der Waals surface area (Å²) in [6.45, 7) is 1.33. The zero-order chi connectivity index (χ0) is 10.1. The fourth-order valence-electron chi connectivity index (χ4n) is 0.855. The van der Waals surface area contributed by atoms with Gasteiger partial charge < -0.3 is 9.42 Å². The van der Waals surface area contributed by atoms with Crippen molar-refractivity contribution in [3.05, 3.63) is 12.2 Å². The number of hydrogen-bond acceptors (Lipinski definition) is 5. The summed E-state index contributed by atoms with van der Waals surface area (Å²) >= 11 is 0. The minimum absolute atomic E-state index is 0. The summed E-state index contributed by atoms with van der Waals surface area (Å²) in [6.07, 6.45) is 1.76. The summed E-state index contributed by atoms with van der Waals surface area (Å²) in [5.74, 6) is -1.78. The fourth-order valence-corrected chi connectivity index (χ4v) is 1.91. The van der Waals surface area contributed by atoms with Crippen molar-refractivity contribution in [2.45, 2.75) is 6.92 Å². The maximum atomic E-state index is 11.1. The molecule has 1 unspecified atom stereocenters. The number of carbonyl (C=O) groups is 2. The quantitative estimate of drug-likeness (QED) is 0.273. The van der Waals surface area contributed by atoms with Crippen molar-refractivity contribution in [2.24, 2.45) is 0 Å². The first-order valence-electron chi connectivity index (χ1n) is 3.51. The summed E-state index contributed by atoms with van der Waals surface area (Å²) in [4.78, 5) is 32.8. The van der Waals surface area contributed by atoms with E-state index < -0.39 is 19.6 Å². The van der Waals surface area contributed by atoms with Gasteiger partial charge in [-0.2, -0.15) is 0 Å². The van der Waals surface area contributed by atoms with Crippen molar-refractivity contribution < 1.29 is 42.4 Å². The second-order valence-corrected chi connectivity index (χ2v) is 3.80. The van der Waals surface area contributed by atoms with E-state index in [-0.39, 0.29) is 30.1 Å². The molecule has 1 aliphatic rings. The van der Waals surface area contributed by atoms with Crippen molar-refractivity contribution in [1.82, 2.24) is 4.67 Å². The van der Waals surface area contributed by atoms with Crippen LogP contribution in [0, 0.1) is 0 Å². The van der Waals surface area contributed by atoms with Crippen molar-refractivity contribution >= 4 is 19.6 Å². The molecule has 1 atom stereocenters. The average Bonchev–Trinajstić information content (AvgIpc) is 2.31. The van der Waals surface area contributed by atoms with Crippen molar-refractivity contribution in [1.29, 1.82) is 0 Å². The zero-order valence-electron chi connectivity index (χ0n) is 7.80. The molecule has 0 aromatic rings. The molecular weight excluding hydrogens is 204 g/mol. The Morgan fingerprint density at radius 3 is 2.21 bits per heavy atom. The van der Waals surface area contributed by atoms with Gasteiger partial charge in [0.05, 0.1) is 6.61 Å². The SMILES string of the molecule is CCOP(=O)([O-])N1C(=O)C=CC1=O.[Li+]. The Morgan fingerprint density at radius 1 is 1.43 bits per heavy atom. The van der Waals surface area contributed by atoms with E-state index in [2.05, 4.69) is 4.52 Å². The molecule has 8 heteroatoms. The molecule has 14 heavy (non-hydrogen) atoms. The molecule has 0 radical (unpaired) electrons. The molecule has 0 aromatic heterocycles. The Labute approximate surface area is 92.7 Å². The van der Waals surface area contributed by atoms with E-state index in [4.69, 9.17) is 0 Å². The first kappa shape index (κ1) is 13.6. The van der Waals surface area contributed by atoms with Crippen LogP contribution < -0.4 is 23.8 Å². The number of nitrogens with zero attached hydrogens (tertiary/aromatic N) is 1. The van der Waals surface area contributed by atoms with E-state index in [1.165, 1.54) is 6.92 Å². The van der Waals surface area contributed by atoms with Crippen LogP contribution in [0.4, 0.5) is 0 Å². The minimum atomic E-state index is -4.53. The van der Waals surface area contributed by atoms with Crippen LogP contribution in [0.2, 0.25) is 0 Å². The Balaban J connectivity index is 0.00000169. The van der Waals surface area contributed by atoms with Crippen LogP contribution in [0.3, 0.4) is 0 Å². The zero-order valence-corrected chi connectivity index (χ0v) is 8.69. The number of imide groups is 1. The second kappa shape index (κ2) is 4.92. The molecule has 6 nitrogen and oxygen atoms in total. The fraction of sp³-hybridized carbons (Fsp3) is 0.333. The third kappa shape index (κ3) is 2.56. The third-order valence-electron chi connectivity index (χ3n) is 1.32. The molecular formula is C6H7LiNO5P. The molecule has 0 saturated carbocycles. The standard InChI is InChI=1S/C6H8NO5P.Li/c1-2-12-13(10,11)7-5(8)3-4-6(7)9;/h3-4H,2H2,1H3,(H,10,11);/q;+1/p-1. The van der Waals surface area contributed by atoms with Crippen LogP contribution in [-0.2, 0) is 18.7 Å². The number of amides is 2. The molecule has 0 aromatic carbocycles. The molecule has 1 heterocycles. The molecule has 0 fully saturated rings. The maximum Gasteiger partial charge on any atom is 1.00 e. The van der Waals surface area contributed by atoms with Crippen molar-refractivity contribution in [2.75, 3.05) is 6.61 Å². The molecule has 0 bridgehead atoms. The summed E-state index contributed by atoms with van der Waals surface area (Å²) in [5.41, 5.74) is 0. The second-order valence-electron chi connectivity index (χ2n) is 2.21. The van der Waals surface area contributed by atoms with Gasteiger partial charge in [0.15, 0.2) is 0 Å². The molecule has 0 N–H and O–H groups in total. The van der Waals surface area contributed by atoms with Crippen LogP contribution >= 0.6 is 7.75 Å². The van der Waals surface area contributed by atoms with E-state index >= 15 is 0 Å². The van der Waals surface area contributed by atoms with Crippen LogP contribution in [0.25, 0.3) is 0 Å². The van der Waals surface area contributed by atoms with Gasteiger partial charge in [-0.1, -0.05) is 0 Å². The molecule has 0 aliphatic carbocycles. The Hall–Kier alpha value is -0.373. The van der Waals surface area contributed by atoms with Gasteiger partial charge in [-0.15, -0.1) is 0 Å². The average molecular weight is 211 g/mol. The molecule has 0 saturated heterocycles. The van der Waals surface area contributed by atoms with Gasteiger partial charge in [0.25, 0.3) is 11.8 Å². The van der Waals surface area contributed by atoms with E-state index in [1.54, 1.807) is 0 Å². The van der Waals surface area contributed by atoms with Crippen molar-refractivity contribution in [3.8, 4) is 0 Å². The molecule has 0 spiro atoms. The molecule has 2 amide bonds. The van der Waals surface area contributed by atoms with Gasteiger partial charge in [0.2, 0.25) is 7.75 Å². The summed E-state index contributed by atoms with van der Waals surface area (Å²) < 4.78 is 15.5. The van der Waals surface area contributed by atoms with E-state index in [1.807, 2.05) is 0 Å². The van der Waals surface area contributed by atoms with Gasteiger partial charge in [0.1, 0.15) is 0 Å². The number of rotatable bonds is 3. The van der Waals surface area contributed by atoms with Crippen molar-refractivity contribution in [3.63, 3.8) is 0 Å². The summed E-state index contributed by atoms with van der Waals surface area (Å²) in [6, 6.07) is 0. The van der Waals surface area contributed by atoms with Gasteiger partial charge in [0, 0.05) is 12.2 Å². The van der Waals surface area contributed by atoms with Crippen LogP contribution in [-0.4, -0.2) is 23.1 Å². The third-order valence-corrected chi connectivity index (χ3v) is 2.79. The first-order valence-corrected chi connectivity index (χ1v) is 5.01. The minimum Gasteiger partial charge on any atom is -0.761 e. The smallest absolute Gasteiger partial charge is 0.761 e. The predicted molar refractivity (Wildman–Crippen MR) is 40.2 cm³/mol. The summed E-state index contributed by atoms with van der Waals surface area (Å²) in [5, 5.41) is 0. The predicted octanol–water partition coefficient (Wildman–Crippen LogP) is -3.58. The van der Waals surface area contributed by atoms with Gasteiger partial charge in [-0.3, -0.25) is 14.2 Å². The van der Waals surface area contributed by atoms with Gasteiger partial charge >= 0.3 is 18.9 Å². The largest absolute Gasteiger partial charge is 1.00 e. The molecule has 1 aliphatic heterocycles. The Morgan fingerprint density at radius 2 is 1.86 bits per heavy atom.